The monoisotopic (exact) mass is 239 g/mol. The Morgan fingerprint density at radius 2 is 2.18 bits per heavy atom. The van der Waals surface area contributed by atoms with Crippen LogP contribution in [0.2, 0.25) is 0 Å². The summed E-state index contributed by atoms with van der Waals surface area (Å²) < 4.78 is 1.84. The largest absolute Gasteiger partial charge is 0.355 e. The minimum absolute atomic E-state index is 0.00288. The molecular formula is C11H21N5O. The molecule has 1 unspecified atom stereocenters. The minimum Gasteiger partial charge on any atom is -0.355 e. The van der Waals surface area contributed by atoms with E-state index in [0.29, 0.717) is 13.1 Å². The Morgan fingerprint density at radius 3 is 2.76 bits per heavy atom. The SMILES string of the molecule is CCNC(=O)C(C)NCc1ncnn1C(C)C. The van der Waals surface area contributed by atoms with E-state index in [-0.39, 0.29) is 18.0 Å². The lowest BCUT2D eigenvalue weighted by Crippen LogP contribution is -2.42. The topological polar surface area (TPSA) is 71.8 Å². The van der Waals surface area contributed by atoms with Crippen molar-refractivity contribution < 1.29 is 4.79 Å². The Hall–Kier alpha value is -1.43. The van der Waals surface area contributed by atoms with Crippen molar-refractivity contribution in [3.05, 3.63) is 12.2 Å². The highest BCUT2D eigenvalue weighted by Gasteiger charge is 2.13. The normalized spacial score (nSPS) is 12.8. The quantitative estimate of drug-likeness (QED) is 0.757. The fourth-order valence-corrected chi connectivity index (χ4v) is 1.50. The molecule has 1 rings (SSSR count). The molecule has 0 bridgehead atoms. The van der Waals surface area contributed by atoms with Gasteiger partial charge in [0, 0.05) is 12.6 Å². The highest BCUT2D eigenvalue weighted by atomic mass is 16.2. The number of carbonyl (C=O) groups excluding carboxylic acids is 1. The maximum Gasteiger partial charge on any atom is 0.236 e. The van der Waals surface area contributed by atoms with Gasteiger partial charge in [0.2, 0.25) is 5.91 Å². The van der Waals surface area contributed by atoms with Crippen LogP contribution in [0.1, 0.15) is 39.6 Å². The van der Waals surface area contributed by atoms with E-state index in [1.807, 2.05) is 32.4 Å². The standard InChI is InChI=1S/C11H21N5O/c1-5-12-11(17)9(4)13-6-10-14-7-15-16(10)8(2)3/h7-9,13H,5-6H2,1-4H3,(H,12,17). The number of nitrogens with zero attached hydrogens (tertiary/aromatic N) is 3. The third-order valence-corrected chi connectivity index (χ3v) is 2.45. The number of likely N-dealkylation sites (N-methyl/N-ethyl adjacent to an activating group) is 1. The number of nitrogens with one attached hydrogen (secondary N) is 2. The number of hydrogen-bond donors (Lipinski definition) is 2. The van der Waals surface area contributed by atoms with Crippen molar-refractivity contribution in [1.29, 1.82) is 0 Å². The maximum atomic E-state index is 11.5. The highest BCUT2D eigenvalue weighted by molar-refractivity contribution is 5.81. The molecule has 0 saturated heterocycles. The van der Waals surface area contributed by atoms with Crippen LogP contribution in [0.15, 0.2) is 6.33 Å². The highest BCUT2D eigenvalue weighted by Crippen LogP contribution is 2.04. The van der Waals surface area contributed by atoms with Crippen molar-refractivity contribution in [2.45, 2.75) is 46.3 Å². The van der Waals surface area contributed by atoms with Gasteiger partial charge in [-0.05, 0) is 27.7 Å². The molecule has 2 N–H and O–H groups in total. The van der Waals surface area contributed by atoms with Crippen LogP contribution in [-0.4, -0.2) is 33.3 Å². The van der Waals surface area contributed by atoms with Gasteiger partial charge in [0.15, 0.2) is 0 Å². The van der Waals surface area contributed by atoms with Gasteiger partial charge in [-0.2, -0.15) is 5.10 Å². The van der Waals surface area contributed by atoms with Crippen molar-refractivity contribution >= 4 is 5.91 Å². The molecule has 1 heterocycles. The molecule has 0 aromatic carbocycles. The Bertz CT molecular complexity index is 360. The first kappa shape index (κ1) is 13.6. The molecule has 0 spiro atoms. The molecule has 0 aliphatic carbocycles. The predicted molar refractivity (Wildman–Crippen MR) is 65.4 cm³/mol. The molecule has 0 fully saturated rings. The van der Waals surface area contributed by atoms with Crippen LogP contribution in [0.3, 0.4) is 0 Å². The molecular weight excluding hydrogens is 218 g/mol. The predicted octanol–water partition coefficient (Wildman–Crippen LogP) is 0.473. The lowest BCUT2D eigenvalue weighted by atomic mass is 10.3. The summed E-state index contributed by atoms with van der Waals surface area (Å²) in [7, 11) is 0. The Labute approximate surface area is 102 Å². The molecule has 1 amide bonds. The average molecular weight is 239 g/mol. The third-order valence-electron chi connectivity index (χ3n) is 2.45. The van der Waals surface area contributed by atoms with Gasteiger partial charge < -0.3 is 5.32 Å². The molecule has 1 atom stereocenters. The summed E-state index contributed by atoms with van der Waals surface area (Å²) in [5.74, 6) is 0.847. The first-order chi connectivity index (χ1) is 8.06. The Balaban J connectivity index is 2.50. The fourth-order valence-electron chi connectivity index (χ4n) is 1.50. The van der Waals surface area contributed by atoms with Gasteiger partial charge >= 0.3 is 0 Å². The summed E-state index contributed by atoms with van der Waals surface area (Å²) in [4.78, 5) is 15.7. The summed E-state index contributed by atoms with van der Waals surface area (Å²) in [6.45, 7) is 9.02. The summed E-state index contributed by atoms with van der Waals surface area (Å²) in [5, 5.41) is 10.0. The van der Waals surface area contributed by atoms with E-state index in [2.05, 4.69) is 20.7 Å². The van der Waals surface area contributed by atoms with Crippen molar-refractivity contribution in [2.24, 2.45) is 0 Å². The lowest BCUT2D eigenvalue weighted by molar-refractivity contribution is -0.122. The zero-order valence-electron chi connectivity index (χ0n) is 10.9. The lowest BCUT2D eigenvalue weighted by Gasteiger charge is -2.14. The van der Waals surface area contributed by atoms with Crippen LogP contribution in [0.25, 0.3) is 0 Å². The third kappa shape index (κ3) is 3.81. The maximum absolute atomic E-state index is 11.5. The van der Waals surface area contributed by atoms with E-state index in [4.69, 9.17) is 0 Å². The Kier molecular flexibility index (Phi) is 5.09. The smallest absolute Gasteiger partial charge is 0.236 e. The van der Waals surface area contributed by atoms with Crippen molar-refractivity contribution in [3.63, 3.8) is 0 Å². The van der Waals surface area contributed by atoms with Gasteiger partial charge in [-0.1, -0.05) is 0 Å². The molecule has 96 valence electrons. The second-order valence-corrected chi connectivity index (χ2v) is 4.21. The number of hydrogen-bond acceptors (Lipinski definition) is 4. The molecule has 0 aliphatic heterocycles. The summed E-state index contributed by atoms with van der Waals surface area (Å²) in [5.41, 5.74) is 0. The van der Waals surface area contributed by atoms with Crippen LogP contribution >= 0.6 is 0 Å². The minimum atomic E-state index is -0.229. The summed E-state index contributed by atoms with van der Waals surface area (Å²) >= 11 is 0. The number of amides is 1. The van der Waals surface area contributed by atoms with Crippen molar-refractivity contribution in [3.8, 4) is 0 Å². The van der Waals surface area contributed by atoms with E-state index < -0.39 is 0 Å². The van der Waals surface area contributed by atoms with Gasteiger partial charge in [-0.3, -0.25) is 10.1 Å². The first-order valence-corrected chi connectivity index (χ1v) is 5.95. The first-order valence-electron chi connectivity index (χ1n) is 5.95. The summed E-state index contributed by atoms with van der Waals surface area (Å²) in [6.07, 6.45) is 1.54. The molecule has 6 heteroatoms. The van der Waals surface area contributed by atoms with E-state index in [1.165, 1.54) is 6.33 Å². The zero-order chi connectivity index (χ0) is 12.8. The molecule has 1 aromatic rings. The van der Waals surface area contributed by atoms with E-state index >= 15 is 0 Å². The van der Waals surface area contributed by atoms with Crippen LogP contribution in [-0.2, 0) is 11.3 Å². The molecule has 0 aliphatic rings. The second kappa shape index (κ2) is 6.34. The van der Waals surface area contributed by atoms with E-state index in [9.17, 15) is 4.79 Å². The van der Waals surface area contributed by atoms with Crippen molar-refractivity contribution in [1.82, 2.24) is 25.4 Å². The molecule has 1 aromatic heterocycles. The van der Waals surface area contributed by atoms with Crippen molar-refractivity contribution in [2.75, 3.05) is 6.54 Å². The fraction of sp³-hybridized carbons (Fsp3) is 0.727. The molecule has 17 heavy (non-hydrogen) atoms. The number of carbonyl (C=O) groups is 1. The second-order valence-electron chi connectivity index (χ2n) is 4.21. The molecule has 0 saturated carbocycles. The van der Waals surface area contributed by atoms with E-state index in [1.54, 1.807) is 0 Å². The zero-order valence-corrected chi connectivity index (χ0v) is 10.9. The Morgan fingerprint density at radius 1 is 1.47 bits per heavy atom. The van der Waals surface area contributed by atoms with Gasteiger partial charge in [0.05, 0.1) is 12.6 Å². The van der Waals surface area contributed by atoms with E-state index in [0.717, 1.165) is 5.82 Å². The van der Waals surface area contributed by atoms with Gasteiger partial charge in [0.1, 0.15) is 12.2 Å². The average Bonchev–Trinajstić information content (AvgIpc) is 2.74. The van der Waals surface area contributed by atoms with Crippen LogP contribution in [0.4, 0.5) is 0 Å². The molecule has 0 radical (unpaired) electrons. The van der Waals surface area contributed by atoms with Gasteiger partial charge in [0.25, 0.3) is 0 Å². The van der Waals surface area contributed by atoms with Gasteiger partial charge in [-0.25, -0.2) is 9.67 Å². The van der Waals surface area contributed by atoms with Crippen LogP contribution < -0.4 is 10.6 Å². The van der Waals surface area contributed by atoms with Crippen LogP contribution in [0, 0.1) is 0 Å². The number of aromatic nitrogens is 3. The number of rotatable bonds is 6. The van der Waals surface area contributed by atoms with Gasteiger partial charge in [-0.15, -0.1) is 0 Å². The van der Waals surface area contributed by atoms with Crippen LogP contribution in [0.5, 0.6) is 0 Å². The summed E-state index contributed by atoms with van der Waals surface area (Å²) in [6, 6.07) is 0.0429. The molecule has 6 nitrogen and oxygen atoms in total.